The molecule has 9 nitrogen and oxygen atoms in total. The zero-order valence-electron chi connectivity index (χ0n) is 23.7. The summed E-state index contributed by atoms with van der Waals surface area (Å²) in [6, 6.07) is 18.2. The van der Waals surface area contributed by atoms with Gasteiger partial charge in [0.05, 0.1) is 41.7 Å². The van der Waals surface area contributed by atoms with Gasteiger partial charge >= 0.3 is 0 Å². The Hall–Kier alpha value is -3.99. The van der Waals surface area contributed by atoms with Gasteiger partial charge in [0.2, 0.25) is 0 Å². The monoisotopic (exact) mass is 628 g/mol. The third-order valence-electron chi connectivity index (χ3n) is 6.57. The number of benzene rings is 3. The zero-order valence-corrected chi connectivity index (χ0v) is 26.0. The van der Waals surface area contributed by atoms with Crippen molar-refractivity contribution in [2.45, 2.75) is 25.7 Å². The standard InChI is InChI=1S/C30H30Cl2N4O5S/c1-19-6-10-25(11-7-19)42(38,39)35(28-13-9-24(40-4)16-29(28)41-5)18-30(37)34-33-17-22-14-20(2)36(21(22)3)27-12-8-23(31)15-26(27)32/h6-17H,18H2,1-5H3,(H,34,37)/b33-17-. The summed E-state index contributed by atoms with van der Waals surface area (Å²) in [5.41, 5.74) is 6.73. The number of halogens is 2. The topological polar surface area (TPSA) is 102 Å². The molecule has 0 bridgehead atoms. The highest BCUT2D eigenvalue weighted by Gasteiger charge is 2.29. The number of aromatic nitrogens is 1. The molecule has 0 spiro atoms. The van der Waals surface area contributed by atoms with Crippen LogP contribution >= 0.6 is 23.2 Å². The van der Waals surface area contributed by atoms with E-state index < -0.39 is 22.5 Å². The number of methoxy groups -OCH3 is 2. The number of nitrogens with zero attached hydrogens (tertiary/aromatic N) is 3. The van der Waals surface area contributed by atoms with Gasteiger partial charge in [-0.25, -0.2) is 13.8 Å². The molecule has 0 fully saturated rings. The maximum atomic E-state index is 13.8. The van der Waals surface area contributed by atoms with E-state index in [2.05, 4.69) is 10.5 Å². The van der Waals surface area contributed by atoms with E-state index in [-0.39, 0.29) is 16.3 Å². The second-order valence-corrected chi connectivity index (χ2v) is 12.1. The van der Waals surface area contributed by atoms with Crippen LogP contribution in [0.5, 0.6) is 11.5 Å². The fourth-order valence-corrected chi connectivity index (χ4v) is 6.34. The number of sulfonamides is 1. The molecule has 4 rings (SSSR count). The SMILES string of the molecule is COc1ccc(N(CC(=O)N/N=C\c2cc(C)n(-c3ccc(Cl)cc3Cl)c2C)S(=O)(=O)c2ccc(C)cc2)c(OC)c1. The molecular weight excluding hydrogens is 599 g/mol. The Morgan fingerprint density at radius 3 is 2.33 bits per heavy atom. The number of aryl methyl sites for hydroxylation is 2. The highest BCUT2D eigenvalue weighted by Crippen LogP contribution is 2.35. The molecule has 0 saturated heterocycles. The van der Waals surface area contributed by atoms with Gasteiger partial charge in [0.1, 0.15) is 18.0 Å². The van der Waals surface area contributed by atoms with Crippen molar-refractivity contribution in [1.82, 2.24) is 9.99 Å². The molecule has 0 aliphatic heterocycles. The number of carbonyl (C=O) groups is 1. The van der Waals surface area contributed by atoms with Crippen LogP contribution in [0, 0.1) is 20.8 Å². The minimum atomic E-state index is -4.17. The number of ether oxygens (including phenoxy) is 2. The highest BCUT2D eigenvalue weighted by atomic mass is 35.5. The predicted molar refractivity (Wildman–Crippen MR) is 166 cm³/mol. The molecule has 0 unspecified atom stereocenters. The van der Waals surface area contributed by atoms with E-state index in [0.717, 1.165) is 32.5 Å². The first kappa shape index (κ1) is 31.0. The molecule has 42 heavy (non-hydrogen) atoms. The number of hydrogen-bond donors (Lipinski definition) is 1. The van der Waals surface area contributed by atoms with Crippen molar-refractivity contribution in [1.29, 1.82) is 0 Å². The Kier molecular flexibility index (Phi) is 9.50. The van der Waals surface area contributed by atoms with Crippen LogP contribution in [0.1, 0.15) is 22.5 Å². The van der Waals surface area contributed by atoms with Gasteiger partial charge in [0.25, 0.3) is 15.9 Å². The molecule has 1 amide bonds. The average molecular weight is 630 g/mol. The van der Waals surface area contributed by atoms with E-state index in [4.69, 9.17) is 32.7 Å². The molecule has 0 aliphatic rings. The number of anilines is 1. The normalized spacial score (nSPS) is 11.5. The van der Waals surface area contributed by atoms with E-state index in [0.29, 0.717) is 15.8 Å². The van der Waals surface area contributed by atoms with E-state index in [1.807, 2.05) is 37.5 Å². The molecule has 0 saturated carbocycles. The maximum Gasteiger partial charge on any atom is 0.264 e. The number of hydrogen-bond acceptors (Lipinski definition) is 6. The molecule has 0 aliphatic carbocycles. The third-order valence-corrected chi connectivity index (χ3v) is 8.88. The summed E-state index contributed by atoms with van der Waals surface area (Å²) in [4.78, 5) is 13.1. The highest BCUT2D eigenvalue weighted by molar-refractivity contribution is 7.92. The van der Waals surface area contributed by atoms with Gasteiger partial charge in [-0.05, 0) is 69.3 Å². The average Bonchev–Trinajstić information content (AvgIpc) is 3.23. The summed E-state index contributed by atoms with van der Waals surface area (Å²) < 4.78 is 41.2. The van der Waals surface area contributed by atoms with Crippen LogP contribution < -0.4 is 19.2 Å². The smallest absolute Gasteiger partial charge is 0.264 e. The van der Waals surface area contributed by atoms with Gasteiger partial charge in [0, 0.05) is 28.0 Å². The molecule has 1 N–H and O–H groups in total. The molecule has 1 aromatic heterocycles. The van der Waals surface area contributed by atoms with Crippen molar-refractivity contribution in [2.24, 2.45) is 5.10 Å². The number of carbonyl (C=O) groups excluding carboxylic acids is 1. The first-order chi connectivity index (χ1) is 20.0. The van der Waals surface area contributed by atoms with Crippen molar-refractivity contribution in [3.63, 3.8) is 0 Å². The summed E-state index contributed by atoms with van der Waals surface area (Å²) in [7, 11) is -1.27. The minimum Gasteiger partial charge on any atom is -0.497 e. The lowest BCUT2D eigenvalue weighted by atomic mass is 10.2. The van der Waals surface area contributed by atoms with Crippen molar-refractivity contribution < 1.29 is 22.7 Å². The van der Waals surface area contributed by atoms with Gasteiger partial charge in [-0.1, -0.05) is 40.9 Å². The van der Waals surface area contributed by atoms with Crippen LogP contribution in [0.3, 0.4) is 0 Å². The Balaban J connectivity index is 1.61. The van der Waals surface area contributed by atoms with Crippen molar-refractivity contribution >= 4 is 51.0 Å². The summed E-state index contributed by atoms with van der Waals surface area (Å²) >= 11 is 12.5. The van der Waals surface area contributed by atoms with Gasteiger partial charge in [-0.2, -0.15) is 5.10 Å². The van der Waals surface area contributed by atoms with Gasteiger partial charge < -0.3 is 14.0 Å². The molecule has 4 aromatic rings. The number of nitrogens with one attached hydrogen (secondary N) is 1. The molecule has 1 heterocycles. The van der Waals surface area contributed by atoms with Crippen molar-refractivity contribution in [3.8, 4) is 17.2 Å². The molecular formula is C30H30Cl2N4O5S. The van der Waals surface area contributed by atoms with Crippen LogP contribution in [0.25, 0.3) is 5.69 Å². The molecule has 0 radical (unpaired) electrons. The first-order valence-corrected chi connectivity index (χ1v) is 14.9. The number of rotatable bonds is 10. The van der Waals surface area contributed by atoms with E-state index in [9.17, 15) is 13.2 Å². The van der Waals surface area contributed by atoms with Crippen LogP contribution in [0.15, 0.2) is 76.7 Å². The van der Waals surface area contributed by atoms with Gasteiger partial charge in [0.15, 0.2) is 0 Å². The maximum absolute atomic E-state index is 13.8. The van der Waals surface area contributed by atoms with Crippen LogP contribution in [0.2, 0.25) is 10.0 Å². The van der Waals surface area contributed by atoms with Crippen LogP contribution in [-0.4, -0.2) is 45.9 Å². The van der Waals surface area contributed by atoms with Gasteiger partial charge in [-0.3, -0.25) is 9.10 Å². The lowest BCUT2D eigenvalue weighted by molar-refractivity contribution is -0.119. The number of amides is 1. The third kappa shape index (κ3) is 6.56. The van der Waals surface area contributed by atoms with E-state index in [1.54, 1.807) is 36.4 Å². The second-order valence-electron chi connectivity index (χ2n) is 9.41. The molecule has 12 heteroatoms. The summed E-state index contributed by atoms with van der Waals surface area (Å²) in [5.74, 6) is 0.0267. The largest absolute Gasteiger partial charge is 0.497 e. The first-order valence-electron chi connectivity index (χ1n) is 12.7. The second kappa shape index (κ2) is 12.9. The molecule has 220 valence electrons. The lowest BCUT2D eigenvalue weighted by Gasteiger charge is -2.25. The van der Waals surface area contributed by atoms with Crippen LogP contribution in [-0.2, 0) is 14.8 Å². The predicted octanol–water partition coefficient (Wildman–Crippen LogP) is 6.07. The van der Waals surface area contributed by atoms with Gasteiger partial charge in [-0.15, -0.1) is 0 Å². The summed E-state index contributed by atoms with van der Waals surface area (Å²) in [6.07, 6.45) is 1.49. The Bertz CT molecular complexity index is 1750. The molecule has 0 atom stereocenters. The van der Waals surface area contributed by atoms with Crippen molar-refractivity contribution in [2.75, 3.05) is 25.1 Å². The quantitative estimate of drug-likeness (QED) is 0.170. The molecule has 3 aromatic carbocycles. The van der Waals surface area contributed by atoms with E-state index >= 15 is 0 Å². The lowest BCUT2D eigenvalue weighted by Crippen LogP contribution is -2.39. The Morgan fingerprint density at radius 2 is 1.69 bits per heavy atom. The fraction of sp³-hybridized carbons (Fsp3) is 0.200. The van der Waals surface area contributed by atoms with E-state index in [1.165, 1.54) is 38.6 Å². The number of hydrazone groups is 1. The van der Waals surface area contributed by atoms with Crippen molar-refractivity contribution in [3.05, 3.63) is 99.3 Å². The minimum absolute atomic E-state index is 0.0237. The zero-order chi connectivity index (χ0) is 30.6. The van der Waals surface area contributed by atoms with Crippen LogP contribution in [0.4, 0.5) is 5.69 Å². The summed E-state index contributed by atoms with van der Waals surface area (Å²) in [5, 5.41) is 5.13. The Morgan fingerprint density at radius 1 is 0.976 bits per heavy atom. The Labute approximate surface area is 255 Å². The summed E-state index contributed by atoms with van der Waals surface area (Å²) in [6.45, 7) is 5.11. The fourth-order valence-electron chi connectivity index (χ4n) is 4.42.